The van der Waals surface area contributed by atoms with E-state index in [1.807, 2.05) is 52.8 Å². The van der Waals surface area contributed by atoms with Crippen LogP contribution in [0.5, 0.6) is 0 Å². The SMILES string of the molecule is Cc1ccc(NC(=O)[C@]23CC[C@](C)(C(=O)C2=O)C3(C)C)c(C)c1. The number of anilines is 1. The Balaban J connectivity index is 2.02. The fraction of sp³-hybridized carbons (Fsp3) is 0.526. The lowest BCUT2D eigenvalue weighted by Crippen LogP contribution is -2.47. The Labute approximate surface area is 136 Å². The molecule has 2 atom stereocenters. The van der Waals surface area contributed by atoms with Crippen molar-refractivity contribution < 1.29 is 14.4 Å². The molecule has 2 aliphatic carbocycles. The van der Waals surface area contributed by atoms with Gasteiger partial charge in [0.2, 0.25) is 17.5 Å². The lowest BCUT2D eigenvalue weighted by atomic mass is 9.64. The van der Waals surface area contributed by atoms with Gasteiger partial charge in [0.1, 0.15) is 5.41 Å². The highest BCUT2D eigenvalue weighted by atomic mass is 16.2. The van der Waals surface area contributed by atoms with Crippen LogP contribution in [0.25, 0.3) is 0 Å². The highest BCUT2D eigenvalue weighted by Crippen LogP contribution is 2.69. The van der Waals surface area contributed by atoms with Crippen molar-refractivity contribution in [2.45, 2.75) is 47.5 Å². The van der Waals surface area contributed by atoms with E-state index in [1.54, 1.807) is 0 Å². The number of carbonyl (C=O) groups excluding carboxylic acids is 3. The summed E-state index contributed by atoms with van der Waals surface area (Å²) >= 11 is 0. The van der Waals surface area contributed by atoms with Gasteiger partial charge in [-0.1, -0.05) is 38.5 Å². The Bertz CT molecular complexity index is 749. The largest absolute Gasteiger partial charge is 0.325 e. The van der Waals surface area contributed by atoms with Crippen LogP contribution < -0.4 is 5.32 Å². The number of aryl methyl sites for hydroxylation is 2. The Morgan fingerprint density at radius 3 is 2.22 bits per heavy atom. The highest BCUT2D eigenvalue weighted by molar-refractivity contribution is 6.49. The van der Waals surface area contributed by atoms with Gasteiger partial charge in [-0.25, -0.2) is 0 Å². The van der Waals surface area contributed by atoms with Crippen molar-refractivity contribution in [2.75, 3.05) is 5.32 Å². The standard InChI is InChI=1S/C19H23NO3/c1-11-6-7-13(12(2)10-11)20-16(23)19-9-8-18(5,17(19,3)4)14(21)15(19)22/h6-7,10H,8-9H2,1-5H3,(H,20,23)/t18-,19+/m1/s1. The minimum atomic E-state index is -1.24. The summed E-state index contributed by atoms with van der Waals surface area (Å²) in [5.74, 6) is -1.24. The van der Waals surface area contributed by atoms with E-state index in [2.05, 4.69) is 5.32 Å². The van der Waals surface area contributed by atoms with Crippen LogP contribution in [-0.2, 0) is 14.4 Å². The number of rotatable bonds is 2. The lowest BCUT2D eigenvalue weighted by Gasteiger charge is -2.37. The molecule has 1 aromatic rings. The van der Waals surface area contributed by atoms with E-state index in [4.69, 9.17) is 0 Å². The third-order valence-corrected chi connectivity index (χ3v) is 6.56. The summed E-state index contributed by atoms with van der Waals surface area (Å²) in [6.45, 7) is 9.49. The van der Waals surface area contributed by atoms with E-state index < -0.39 is 22.0 Å². The molecule has 0 radical (unpaired) electrons. The first-order chi connectivity index (χ1) is 10.6. The molecule has 0 unspecified atom stereocenters. The zero-order valence-corrected chi connectivity index (χ0v) is 14.4. The Hall–Kier alpha value is -1.97. The topological polar surface area (TPSA) is 63.2 Å². The number of hydrogen-bond donors (Lipinski definition) is 1. The van der Waals surface area contributed by atoms with Gasteiger partial charge in [0, 0.05) is 11.1 Å². The van der Waals surface area contributed by atoms with Gasteiger partial charge >= 0.3 is 0 Å². The van der Waals surface area contributed by atoms with Crippen LogP contribution in [0.3, 0.4) is 0 Å². The zero-order valence-electron chi connectivity index (χ0n) is 14.4. The second-order valence-electron chi connectivity index (χ2n) is 7.79. The number of fused-ring (bicyclic) bond motifs is 2. The van der Waals surface area contributed by atoms with Gasteiger partial charge in [-0.2, -0.15) is 0 Å². The molecular weight excluding hydrogens is 290 g/mol. The molecule has 2 bridgehead atoms. The first-order valence-electron chi connectivity index (χ1n) is 8.06. The molecule has 2 saturated carbocycles. The van der Waals surface area contributed by atoms with Crippen LogP contribution in [-0.4, -0.2) is 17.5 Å². The van der Waals surface area contributed by atoms with Gasteiger partial charge in [0.25, 0.3) is 0 Å². The summed E-state index contributed by atoms with van der Waals surface area (Å²) in [4.78, 5) is 38.2. The number of benzene rings is 1. The maximum Gasteiger partial charge on any atom is 0.239 e. The third kappa shape index (κ3) is 1.69. The molecule has 122 valence electrons. The minimum absolute atomic E-state index is 0.339. The van der Waals surface area contributed by atoms with Gasteiger partial charge in [0.05, 0.1) is 0 Å². The molecule has 0 aliphatic heterocycles. The molecule has 0 saturated heterocycles. The summed E-state index contributed by atoms with van der Waals surface area (Å²) in [5, 5.41) is 2.91. The summed E-state index contributed by atoms with van der Waals surface area (Å²) in [6, 6.07) is 5.76. The van der Waals surface area contributed by atoms with Crippen molar-refractivity contribution in [1.29, 1.82) is 0 Å². The molecule has 0 spiro atoms. The second-order valence-corrected chi connectivity index (χ2v) is 7.79. The van der Waals surface area contributed by atoms with E-state index >= 15 is 0 Å². The van der Waals surface area contributed by atoms with E-state index in [-0.39, 0.29) is 11.7 Å². The minimum Gasteiger partial charge on any atom is -0.325 e. The van der Waals surface area contributed by atoms with E-state index in [9.17, 15) is 14.4 Å². The predicted octanol–water partition coefficient (Wildman–Crippen LogP) is 3.21. The molecule has 0 aromatic heterocycles. The summed E-state index contributed by atoms with van der Waals surface area (Å²) in [7, 11) is 0. The average molecular weight is 313 g/mol. The van der Waals surface area contributed by atoms with Gasteiger partial charge in [-0.15, -0.1) is 0 Å². The number of carbonyl (C=O) groups is 3. The van der Waals surface area contributed by atoms with Crippen LogP contribution in [0.15, 0.2) is 18.2 Å². The lowest BCUT2D eigenvalue weighted by molar-refractivity contribution is -0.147. The van der Waals surface area contributed by atoms with Gasteiger partial charge in [-0.3, -0.25) is 14.4 Å². The fourth-order valence-electron chi connectivity index (χ4n) is 4.46. The van der Waals surface area contributed by atoms with Crippen molar-refractivity contribution in [1.82, 2.24) is 0 Å². The molecule has 0 heterocycles. The summed E-state index contributed by atoms with van der Waals surface area (Å²) in [5.41, 5.74) is 0.118. The Morgan fingerprint density at radius 1 is 1.04 bits per heavy atom. The van der Waals surface area contributed by atoms with Crippen LogP contribution in [0.1, 0.15) is 44.7 Å². The molecular formula is C19H23NO3. The molecule has 1 aromatic carbocycles. The average Bonchev–Trinajstić information content (AvgIpc) is 2.74. The molecule has 3 rings (SSSR count). The number of amides is 1. The monoisotopic (exact) mass is 313 g/mol. The van der Waals surface area contributed by atoms with Gasteiger partial charge in [0.15, 0.2) is 0 Å². The smallest absolute Gasteiger partial charge is 0.239 e. The number of hydrogen-bond acceptors (Lipinski definition) is 3. The van der Waals surface area contributed by atoms with Crippen LogP contribution in [0.2, 0.25) is 0 Å². The van der Waals surface area contributed by atoms with E-state index in [0.717, 1.165) is 11.1 Å². The second kappa shape index (κ2) is 4.53. The maximum absolute atomic E-state index is 13.1. The summed E-state index contributed by atoms with van der Waals surface area (Å²) < 4.78 is 0. The zero-order chi connectivity index (χ0) is 17.2. The number of ketones is 2. The maximum atomic E-state index is 13.1. The normalized spacial score (nSPS) is 31.5. The van der Waals surface area contributed by atoms with Crippen molar-refractivity contribution in [3.05, 3.63) is 29.3 Å². The molecule has 2 aliphatic rings. The Morgan fingerprint density at radius 2 is 1.70 bits per heavy atom. The molecule has 4 heteroatoms. The van der Waals surface area contributed by atoms with Gasteiger partial charge < -0.3 is 5.32 Å². The van der Waals surface area contributed by atoms with Crippen molar-refractivity contribution in [3.63, 3.8) is 0 Å². The van der Waals surface area contributed by atoms with Crippen LogP contribution in [0.4, 0.5) is 5.69 Å². The first kappa shape index (κ1) is 15.9. The van der Waals surface area contributed by atoms with Crippen LogP contribution >= 0.6 is 0 Å². The molecule has 1 amide bonds. The molecule has 23 heavy (non-hydrogen) atoms. The molecule has 1 N–H and O–H groups in total. The highest BCUT2D eigenvalue weighted by Gasteiger charge is 2.77. The first-order valence-corrected chi connectivity index (χ1v) is 8.06. The molecule has 2 fully saturated rings. The summed E-state index contributed by atoms with van der Waals surface area (Å²) in [6.07, 6.45) is 1.03. The predicted molar refractivity (Wildman–Crippen MR) is 88.1 cm³/mol. The molecule has 4 nitrogen and oxygen atoms in total. The van der Waals surface area contributed by atoms with E-state index in [1.165, 1.54) is 0 Å². The Kier molecular flexibility index (Phi) is 3.13. The third-order valence-electron chi connectivity index (χ3n) is 6.56. The number of nitrogens with one attached hydrogen (secondary N) is 1. The number of Topliss-reactive ketones (excluding diaryl/α,β-unsaturated/α-hetero) is 2. The van der Waals surface area contributed by atoms with Crippen molar-refractivity contribution in [3.8, 4) is 0 Å². The van der Waals surface area contributed by atoms with E-state index in [0.29, 0.717) is 18.5 Å². The quantitative estimate of drug-likeness (QED) is 0.673. The fourth-order valence-corrected chi connectivity index (χ4v) is 4.46. The van der Waals surface area contributed by atoms with Crippen molar-refractivity contribution in [2.24, 2.45) is 16.2 Å². The van der Waals surface area contributed by atoms with Crippen LogP contribution in [0, 0.1) is 30.1 Å². The van der Waals surface area contributed by atoms with Crippen molar-refractivity contribution >= 4 is 23.2 Å². The van der Waals surface area contributed by atoms with Gasteiger partial charge in [-0.05, 0) is 43.7 Å².